The van der Waals surface area contributed by atoms with Crippen molar-refractivity contribution >= 4 is 11.6 Å². The first-order valence-corrected chi connectivity index (χ1v) is 4.80. The van der Waals surface area contributed by atoms with Gasteiger partial charge in [0, 0.05) is 5.69 Å². The van der Waals surface area contributed by atoms with Crippen molar-refractivity contribution in [3.8, 4) is 0 Å². The van der Waals surface area contributed by atoms with E-state index in [9.17, 15) is 0 Å². The molecule has 12 heavy (non-hydrogen) atoms. The Morgan fingerprint density at radius 3 is 3.17 bits per heavy atom. The summed E-state index contributed by atoms with van der Waals surface area (Å²) in [5, 5.41) is 0.627. The third kappa shape index (κ3) is 1.34. The molecule has 1 unspecified atom stereocenters. The number of hydrogen-bond acceptors (Lipinski definition) is 1. The van der Waals surface area contributed by atoms with Crippen LogP contribution in [-0.2, 0) is 6.42 Å². The first kappa shape index (κ1) is 8.06. The number of halogens is 1. The highest BCUT2D eigenvalue weighted by atomic mass is 35.5. The van der Waals surface area contributed by atoms with Crippen LogP contribution in [0.4, 0.5) is 0 Å². The van der Waals surface area contributed by atoms with Gasteiger partial charge in [0.05, 0.1) is 0 Å². The molecule has 64 valence electrons. The number of rotatable bonds is 0. The fourth-order valence-electron chi connectivity index (χ4n) is 1.85. The van der Waals surface area contributed by atoms with E-state index in [4.69, 9.17) is 11.6 Å². The van der Waals surface area contributed by atoms with Crippen molar-refractivity contribution in [3.05, 3.63) is 28.5 Å². The molecule has 1 aliphatic rings. The SMILES string of the molecule is CC1CCCc2ccc(Cl)nc21. The van der Waals surface area contributed by atoms with Gasteiger partial charge in [-0.2, -0.15) is 0 Å². The molecule has 1 aromatic rings. The fourth-order valence-corrected chi connectivity index (χ4v) is 2.01. The summed E-state index contributed by atoms with van der Waals surface area (Å²) in [5.41, 5.74) is 2.60. The minimum Gasteiger partial charge on any atom is -0.241 e. The van der Waals surface area contributed by atoms with E-state index in [1.807, 2.05) is 6.07 Å². The molecule has 1 aliphatic carbocycles. The van der Waals surface area contributed by atoms with Crippen molar-refractivity contribution in [2.75, 3.05) is 0 Å². The van der Waals surface area contributed by atoms with Gasteiger partial charge in [0.1, 0.15) is 5.15 Å². The Bertz CT molecular complexity index is 296. The van der Waals surface area contributed by atoms with Crippen LogP contribution in [-0.4, -0.2) is 4.98 Å². The topological polar surface area (TPSA) is 12.9 Å². The summed E-state index contributed by atoms with van der Waals surface area (Å²) in [7, 11) is 0. The fraction of sp³-hybridized carbons (Fsp3) is 0.500. The zero-order valence-corrected chi connectivity index (χ0v) is 7.93. The summed E-state index contributed by atoms with van der Waals surface area (Å²) >= 11 is 5.83. The lowest BCUT2D eigenvalue weighted by molar-refractivity contribution is 0.573. The maximum atomic E-state index is 5.83. The quantitative estimate of drug-likeness (QED) is 0.561. The number of aryl methyl sites for hydroxylation is 1. The summed E-state index contributed by atoms with van der Waals surface area (Å²) in [5.74, 6) is 0.590. The highest BCUT2D eigenvalue weighted by molar-refractivity contribution is 6.29. The molecule has 0 N–H and O–H groups in total. The predicted octanol–water partition coefficient (Wildman–Crippen LogP) is 3.17. The van der Waals surface area contributed by atoms with Gasteiger partial charge in [-0.25, -0.2) is 4.98 Å². The lowest BCUT2D eigenvalue weighted by Crippen LogP contribution is -2.09. The second-order valence-electron chi connectivity index (χ2n) is 3.47. The zero-order chi connectivity index (χ0) is 8.55. The van der Waals surface area contributed by atoms with Crippen LogP contribution < -0.4 is 0 Å². The Morgan fingerprint density at radius 1 is 1.50 bits per heavy atom. The smallest absolute Gasteiger partial charge is 0.129 e. The van der Waals surface area contributed by atoms with Gasteiger partial charge < -0.3 is 0 Å². The lowest BCUT2D eigenvalue weighted by Gasteiger charge is -2.20. The normalized spacial score (nSPS) is 22.0. The molecule has 0 saturated carbocycles. The molecular weight excluding hydrogens is 170 g/mol. The molecule has 1 aromatic heterocycles. The molecule has 1 nitrogen and oxygen atoms in total. The summed E-state index contributed by atoms with van der Waals surface area (Å²) in [4.78, 5) is 4.36. The third-order valence-electron chi connectivity index (χ3n) is 2.53. The standard InChI is InChI=1S/C10H12ClN/c1-7-3-2-4-8-5-6-9(11)12-10(7)8/h5-7H,2-4H2,1H3. The summed E-state index contributed by atoms with van der Waals surface area (Å²) < 4.78 is 0. The van der Waals surface area contributed by atoms with Gasteiger partial charge in [-0.1, -0.05) is 24.6 Å². The minimum atomic E-state index is 0.590. The summed E-state index contributed by atoms with van der Waals surface area (Å²) in [6.07, 6.45) is 3.71. The molecule has 0 saturated heterocycles. The van der Waals surface area contributed by atoms with E-state index in [0.717, 1.165) is 0 Å². The Kier molecular flexibility index (Phi) is 2.05. The molecule has 0 fully saturated rings. The maximum absolute atomic E-state index is 5.83. The third-order valence-corrected chi connectivity index (χ3v) is 2.74. The van der Waals surface area contributed by atoms with Gasteiger partial charge in [-0.3, -0.25) is 0 Å². The Morgan fingerprint density at radius 2 is 2.33 bits per heavy atom. The Hall–Kier alpha value is -0.560. The van der Waals surface area contributed by atoms with Gasteiger partial charge in [0.15, 0.2) is 0 Å². The van der Waals surface area contributed by atoms with Crippen LogP contribution in [0.15, 0.2) is 12.1 Å². The molecule has 0 amide bonds. The van der Waals surface area contributed by atoms with E-state index >= 15 is 0 Å². The van der Waals surface area contributed by atoms with Crippen LogP contribution in [0, 0.1) is 0 Å². The second kappa shape index (κ2) is 3.06. The number of fused-ring (bicyclic) bond motifs is 1. The van der Waals surface area contributed by atoms with E-state index in [-0.39, 0.29) is 0 Å². The molecule has 0 bridgehead atoms. The molecule has 2 heteroatoms. The largest absolute Gasteiger partial charge is 0.241 e. The Balaban J connectivity index is 2.47. The van der Waals surface area contributed by atoms with Crippen molar-refractivity contribution in [2.45, 2.75) is 32.1 Å². The lowest BCUT2D eigenvalue weighted by atomic mass is 9.88. The van der Waals surface area contributed by atoms with E-state index in [1.165, 1.54) is 30.5 Å². The first-order chi connectivity index (χ1) is 5.77. The van der Waals surface area contributed by atoms with Crippen molar-refractivity contribution in [1.29, 1.82) is 0 Å². The van der Waals surface area contributed by atoms with E-state index in [0.29, 0.717) is 11.1 Å². The molecule has 0 aromatic carbocycles. The second-order valence-corrected chi connectivity index (χ2v) is 3.86. The predicted molar refractivity (Wildman–Crippen MR) is 50.6 cm³/mol. The van der Waals surface area contributed by atoms with E-state index in [1.54, 1.807) is 0 Å². The van der Waals surface area contributed by atoms with Crippen LogP contribution >= 0.6 is 11.6 Å². The number of hydrogen-bond donors (Lipinski definition) is 0. The minimum absolute atomic E-state index is 0.590. The van der Waals surface area contributed by atoms with Crippen LogP contribution in [0.5, 0.6) is 0 Å². The van der Waals surface area contributed by atoms with Gasteiger partial charge >= 0.3 is 0 Å². The zero-order valence-electron chi connectivity index (χ0n) is 7.18. The molecular formula is C10H12ClN. The van der Waals surface area contributed by atoms with Gasteiger partial charge in [0.2, 0.25) is 0 Å². The monoisotopic (exact) mass is 181 g/mol. The highest BCUT2D eigenvalue weighted by Crippen LogP contribution is 2.30. The molecule has 0 radical (unpaired) electrons. The maximum Gasteiger partial charge on any atom is 0.129 e. The molecule has 0 spiro atoms. The number of aromatic nitrogens is 1. The van der Waals surface area contributed by atoms with Crippen molar-refractivity contribution in [3.63, 3.8) is 0 Å². The molecule has 1 heterocycles. The van der Waals surface area contributed by atoms with Crippen molar-refractivity contribution in [2.24, 2.45) is 0 Å². The molecule has 0 aliphatic heterocycles. The van der Waals surface area contributed by atoms with Crippen molar-refractivity contribution in [1.82, 2.24) is 4.98 Å². The van der Waals surface area contributed by atoms with Crippen LogP contribution in [0.1, 0.15) is 36.9 Å². The Labute approximate surface area is 77.8 Å². The van der Waals surface area contributed by atoms with Gasteiger partial charge in [-0.05, 0) is 36.8 Å². The van der Waals surface area contributed by atoms with E-state index in [2.05, 4.69) is 18.0 Å². The van der Waals surface area contributed by atoms with E-state index < -0.39 is 0 Å². The van der Waals surface area contributed by atoms with Crippen molar-refractivity contribution < 1.29 is 0 Å². The summed E-state index contributed by atoms with van der Waals surface area (Å²) in [6.45, 7) is 2.22. The van der Waals surface area contributed by atoms with Gasteiger partial charge in [0.25, 0.3) is 0 Å². The van der Waals surface area contributed by atoms with Crippen LogP contribution in [0.25, 0.3) is 0 Å². The van der Waals surface area contributed by atoms with Crippen LogP contribution in [0.3, 0.4) is 0 Å². The van der Waals surface area contributed by atoms with Crippen LogP contribution in [0.2, 0.25) is 5.15 Å². The molecule has 1 atom stereocenters. The average Bonchev–Trinajstić information content (AvgIpc) is 2.07. The average molecular weight is 182 g/mol. The first-order valence-electron chi connectivity index (χ1n) is 4.42. The number of pyridine rings is 1. The van der Waals surface area contributed by atoms with Gasteiger partial charge in [-0.15, -0.1) is 0 Å². The highest BCUT2D eigenvalue weighted by Gasteiger charge is 2.17. The summed E-state index contributed by atoms with van der Waals surface area (Å²) in [6, 6.07) is 4.00. The number of nitrogens with zero attached hydrogens (tertiary/aromatic N) is 1. The molecule has 2 rings (SSSR count).